The van der Waals surface area contributed by atoms with Crippen molar-refractivity contribution in [1.82, 2.24) is 15.6 Å². The SMILES string of the molecule is CCOC(=O)c1ccccc1NNC(=O)C1CCCN1C(=O)NC1CC1. The lowest BCUT2D eigenvalue weighted by atomic mass is 10.2. The zero-order valence-corrected chi connectivity index (χ0v) is 14.8. The first kappa shape index (κ1) is 18.0. The number of para-hydroxylation sites is 1. The predicted molar refractivity (Wildman–Crippen MR) is 95.4 cm³/mol. The molecule has 1 aliphatic carbocycles. The van der Waals surface area contributed by atoms with Gasteiger partial charge in [-0.1, -0.05) is 12.1 Å². The number of carbonyl (C=O) groups excluding carboxylic acids is 3. The van der Waals surface area contributed by atoms with E-state index >= 15 is 0 Å². The van der Waals surface area contributed by atoms with Gasteiger partial charge in [-0.2, -0.15) is 0 Å². The van der Waals surface area contributed by atoms with Crippen LogP contribution in [0.5, 0.6) is 0 Å². The molecule has 1 saturated heterocycles. The summed E-state index contributed by atoms with van der Waals surface area (Å²) in [6, 6.07) is 6.33. The number of ether oxygens (including phenoxy) is 1. The number of hydrogen-bond acceptors (Lipinski definition) is 5. The minimum absolute atomic E-state index is 0.183. The van der Waals surface area contributed by atoms with E-state index in [0.29, 0.717) is 24.2 Å². The summed E-state index contributed by atoms with van der Waals surface area (Å²) < 4.78 is 5.01. The number of benzene rings is 1. The van der Waals surface area contributed by atoms with Gasteiger partial charge in [0.25, 0.3) is 5.91 Å². The fourth-order valence-electron chi connectivity index (χ4n) is 2.96. The Balaban J connectivity index is 1.60. The number of esters is 1. The molecule has 1 atom stereocenters. The Kier molecular flexibility index (Phi) is 5.60. The molecule has 1 aromatic carbocycles. The Labute approximate surface area is 152 Å². The molecular formula is C18H24N4O4. The summed E-state index contributed by atoms with van der Waals surface area (Å²) in [4.78, 5) is 38.3. The van der Waals surface area contributed by atoms with Crippen molar-refractivity contribution < 1.29 is 19.1 Å². The second-order valence-electron chi connectivity index (χ2n) is 6.46. The lowest BCUT2D eigenvalue weighted by Gasteiger charge is -2.24. The van der Waals surface area contributed by atoms with Crippen LogP contribution in [0.2, 0.25) is 0 Å². The molecule has 26 heavy (non-hydrogen) atoms. The summed E-state index contributed by atoms with van der Waals surface area (Å²) in [6.07, 6.45) is 3.41. The third-order valence-corrected chi connectivity index (χ3v) is 4.46. The normalized spacial score (nSPS) is 19.0. The van der Waals surface area contributed by atoms with Crippen molar-refractivity contribution in [1.29, 1.82) is 0 Å². The van der Waals surface area contributed by atoms with Crippen LogP contribution in [-0.4, -0.2) is 48.0 Å². The highest BCUT2D eigenvalue weighted by Crippen LogP contribution is 2.22. The maximum Gasteiger partial charge on any atom is 0.340 e. The molecule has 3 rings (SSSR count). The van der Waals surface area contributed by atoms with Crippen molar-refractivity contribution in [2.24, 2.45) is 0 Å². The van der Waals surface area contributed by atoms with Gasteiger partial charge in [0.05, 0.1) is 17.9 Å². The van der Waals surface area contributed by atoms with Gasteiger partial charge in [0.1, 0.15) is 6.04 Å². The molecule has 1 aromatic rings. The Morgan fingerprint density at radius 1 is 1.19 bits per heavy atom. The molecule has 1 heterocycles. The van der Waals surface area contributed by atoms with Crippen LogP contribution < -0.4 is 16.2 Å². The molecule has 0 radical (unpaired) electrons. The van der Waals surface area contributed by atoms with Crippen molar-refractivity contribution in [3.05, 3.63) is 29.8 Å². The van der Waals surface area contributed by atoms with Gasteiger partial charge in [0, 0.05) is 12.6 Å². The number of nitrogens with zero attached hydrogens (tertiary/aromatic N) is 1. The van der Waals surface area contributed by atoms with Gasteiger partial charge in [0.2, 0.25) is 0 Å². The number of urea groups is 1. The molecule has 1 aliphatic heterocycles. The fraction of sp³-hybridized carbons (Fsp3) is 0.500. The number of hydrogen-bond donors (Lipinski definition) is 3. The van der Waals surface area contributed by atoms with E-state index < -0.39 is 12.0 Å². The molecule has 3 amide bonds. The van der Waals surface area contributed by atoms with Gasteiger partial charge in [0.15, 0.2) is 0 Å². The van der Waals surface area contributed by atoms with Gasteiger partial charge in [-0.05, 0) is 44.7 Å². The Morgan fingerprint density at radius 3 is 2.69 bits per heavy atom. The van der Waals surface area contributed by atoms with Crippen LogP contribution in [0.1, 0.15) is 43.0 Å². The maximum absolute atomic E-state index is 12.5. The molecule has 0 spiro atoms. The standard InChI is InChI=1S/C18H24N4O4/c1-2-26-17(24)13-6-3-4-7-14(13)20-21-16(23)15-8-5-11-22(15)18(25)19-12-9-10-12/h3-4,6-7,12,15,20H,2,5,8-11H2,1H3,(H,19,25)(H,21,23). The molecule has 0 aromatic heterocycles. The topological polar surface area (TPSA) is 99.8 Å². The highest BCUT2D eigenvalue weighted by Gasteiger charge is 2.36. The van der Waals surface area contributed by atoms with Gasteiger partial charge < -0.3 is 15.0 Å². The number of nitrogens with one attached hydrogen (secondary N) is 3. The zero-order chi connectivity index (χ0) is 18.5. The van der Waals surface area contributed by atoms with Crippen LogP contribution >= 0.6 is 0 Å². The van der Waals surface area contributed by atoms with Crippen LogP contribution in [-0.2, 0) is 9.53 Å². The van der Waals surface area contributed by atoms with Crippen LogP contribution in [0.15, 0.2) is 24.3 Å². The van der Waals surface area contributed by atoms with E-state index in [4.69, 9.17) is 4.74 Å². The van der Waals surface area contributed by atoms with Crippen LogP contribution in [0.3, 0.4) is 0 Å². The molecular weight excluding hydrogens is 336 g/mol. The summed E-state index contributed by atoms with van der Waals surface area (Å²) in [5, 5.41) is 2.92. The predicted octanol–water partition coefficient (Wildman–Crippen LogP) is 1.64. The molecule has 1 unspecified atom stereocenters. The van der Waals surface area contributed by atoms with Crippen molar-refractivity contribution in [2.45, 2.75) is 44.7 Å². The molecule has 140 valence electrons. The smallest absolute Gasteiger partial charge is 0.340 e. The number of anilines is 1. The average Bonchev–Trinajstić information content (AvgIpc) is 3.31. The van der Waals surface area contributed by atoms with Gasteiger partial charge in [-0.25, -0.2) is 9.59 Å². The van der Waals surface area contributed by atoms with Crippen molar-refractivity contribution >= 4 is 23.6 Å². The minimum atomic E-state index is -0.518. The number of rotatable bonds is 6. The number of carbonyl (C=O) groups is 3. The van der Waals surface area contributed by atoms with Crippen LogP contribution in [0.4, 0.5) is 10.5 Å². The molecule has 2 aliphatic rings. The lowest BCUT2D eigenvalue weighted by molar-refractivity contribution is -0.124. The summed E-state index contributed by atoms with van der Waals surface area (Å²) >= 11 is 0. The molecule has 3 N–H and O–H groups in total. The highest BCUT2D eigenvalue weighted by atomic mass is 16.5. The zero-order valence-electron chi connectivity index (χ0n) is 14.8. The summed E-state index contributed by atoms with van der Waals surface area (Å²) in [6.45, 7) is 2.57. The monoisotopic (exact) mass is 360 g/mol. The van der Waals surface area contributed by atoms with Gasteiger partial charge in [-0.3, -0.25) is 15.6 Å². The van der Waals surface area contributed by atoms with E-state index in [-0.39, 0.29) is 24.6 Å². The molecule has 8 heteroatoms. The first-order valence-corrected chi connectivity index (χ1v) is 8.99. The fourth-order valence-corrected chi connectivity index (χ4v) is 2.96. The van der Waals surface area contributed by atoms with Gasteiger partial charge >= 0.3 is 12.0 Å². The van der Waals surface area contributed by atoms with E-state index in [2.05, 4.69) is 16.2 Å². The summed E-state index contributed by atoms with van der Waals surface area (Å²) in [5.74, 6) is -0.761. The van der Waals surface area contributed by atoms with Gasteiger partial charge in [-0.15, -0.1) is 0 Å². The minimum Gasteiger partial charge on any atom is -0.462 e. The van der Waals surface area contributed by atoms with E-state index in [0.717, 1.165) is 19.3 Å². The first-order chi connectivity index (χ1) is 12.6. The van der Waals surface area contributed by atoms with Crippen molar-refractivity contribution in [3.63, 3.8) is 0 Å². The average molecular weight is 360 g/mol. The second kappa shape index (κ2) is 8.07. The third kappa shape index (κ3) is 4.25. The number of hydrazine groups is 1. The maximum atomic E-state index is 12.5. The number of amides is 3. The van der Waals surface area contributed by atoms with Crippen molar-refractivity contribution in [2.75, 3.05) is 18.6 Å². The van der Waals surface area contributed by atoms with Crippen LogP contribution in [0.25, 0.3) is 0 Å². The number of likely N-dealkylation sites (tertiary alicyclic amines) is 1. The van der Waals surface area contributed by atoms with Crippen molar-refractivity contribution in [3.8, 4) is 0 Å². The molecule has 0 bridgehead atoms. The molecule has 8 nitrogen and oxygen atoms in total. The van der Waals surface area contributed by atoms with E-state index in [9.17, 15) is 14.4 Å². The Morgan fingerprint density at radius 2 is 1.96 bits per heavy atom. The molecule has 2 fully saturated rings. The summed E-state index contributed by atoms with van der Waals surface area (Å²) in [5.41, 5.74) is 6.18. The first-order valence-electron chi connectivity index (χ1n) is 8.99. The summed E-state index contributed by atoms with van der Waals surface area (Å²) in [7, 11) is 0. The Hall–Kier alpha value is -2.77. The van der Waals surface area contributed by atoms with E-state index in [1.54, 1.807) is 36.1 Å². The largest absolute Gasteiger partial charge is 0.462 e. The molecule has 1 saturated carbocycles. The van der Waals surface area contributed by atoms with E-state index in [1.165, 1.54) is 0 Å². The third-order valence-electron chi connectivity index (χ3n) is 4.46. The lowest BCUT2D eigenvalue weighted by Crippen LogP contribution is -2.51. The quantitative estimate of drug-likeness (QED) is 0.529. The van der Waals surface area contributed by atoms with Crippen LogP contribution in [0, 0.1) is 0 Å². The highest BCUT2D eigenvalue weighted by molar-refractivity contribution is 5.96. The Bertz CT molecular complexity index is 690. The van der Waals surface area contributed by atoms with E-state index in [1.807, 2.05) is 0 Å². The second-order valence-corrected chi connectivity index (χ2v) is 6.46.